The molecule has 21 heavy (non-hydrogen) atoms. The molecule has 2 aliphatic rings. The molecule has 0 aromatic heterocycles. The van der Waals surface area contributed by atoms with Gasteiger partial charge < -0.3 is 0 Å². The van der Waals surface area contributed by atoms with Gasteiger partial charge in [0.2, 0.25) is 0 Å². The molecule has 1 heteroatoms. The molecule has 106 valence electrons. The lowest BCUT2D eigenvalue weighted by molar-refractivity contribution is 0.658. The minimum atomic E-state index is 0.0837. The lowest BCUT2D eigenvalue weighted by Crippen LogP contribution is -2.16. The Bertz CT molecular complexity index is 781. The van der Waals surface area contributed by atoms with Gasteiger partial charge in [0.25, 0.3) is 0 Å². The van der Waals surface area contributed by atoms with E-state index < -0.39 is 0 Å². The summed E-state index contributed by atoms with van der Waals surface area (Å²) in [6, 6.07) is 11.3. The molecule has 0 N–H and O–H groups in total. The van der Waals surface area contributed by atoms with Gasteiger partial charge in [-0.2, -0.15) is 0 Å². The van der Waals surface area contributed by atoms with Crippen LogP contribution < -0.4 is 0 Å². The molecule has 2 aliphatic carbocycles. The molecule has 1 atom stereocenters. The summed E-state index contributed by atoms with van der Waals surface area (Å²) in [5.41, 5.74) is 8.65. The quantitative estimate of drug-likeness (QED) is 0.555. The predicted octanol–water partition coefficient (Wildman–Crippen LogP) is 5.96. The molecule has 1 unspecified atom stereocenters. The average molecular weight is 339 g/mol. The summed E-state index contributed by atoms with van der Waals surface area (Å²) in [5.74, 6) is 0.622. The monoisotopic (exact) mass is 338 g/mol. The predicted molar refractivity (Wildman–Crippen MR) is 93.6 cm³/mol. The van der Waals surface area contributed by atoms with Crippen molar-refractivity contribution in [3.63, 3.8) is 0 Å². The van der Waals surface area contributed by atoms with Gasteiger partial charge in [-0.25, -0.2) is 0 Å². The molecule has 0 amide bonds. The molecular weight excluding hydrogens is 320 g/mol. The molecule has 0 bridgehead atoms. The van der Waals surface area contributed by atoms with Gasteiger partial charge >= 0.3 is 0 Å². The second kappa shape index (κ2) is 4.33. The normalized spacial score (nSPS) is 20.9. The van der Waals surface area contributed by atoms with E-state index in [0.29, 0.717) is 5.92 Å². The van der Waals surface area contributed by atoms with Gasteiger partial charge in [-0.3, -0.25) is 0 Å². The van der Waals surface area contributed by atoms with Gasteiger partial charge in [0.15, 0.2) is 0 Å². The number of halogens is 1. The summed E-state index contributed by atoms with van der Waals surface area (Å²) < 4.78 is 1.31. The minimum Gasteiger partial charge on any atom is -0.0808 e. The number of allylic oxidation sites excluding steroid dienone is 1. The summed E-state index contributed by atoms with van der Waals surface area (Å²) in [6.07, 6.45) is 5.76. The van der Waals surface area contributed by atoms with Crippen LogP contribution >= 0.6 is 15.9 Å². The van der Waals surface area contributed by atoms with Crippen LogP contribution in [0.2, 0.25) is 0 Å². The van der Waals surface area contributed by atoms with E-state index in [1.165, 1.54) is 37.9 Å². The zero-order chi connectivity index (χ0) is 14.8. The molecule has 0 heterocycles. The van der Waals surface area contributed by atoms with Gasteiger partial charge in [0.05, 0.1) is 0 Å². The summed E-state index contributed by atoms with van der Waals surface area (Å²) >= 11 is 3.93. The largest absolute Gasteiger partial charge is 0.0808 e. The molecule has 0 saturated heterocycles. The van der Waals surface area contributed by atoms with Gasteiger partial charge in [-0.1, -0.05) is 57.2 Å². The van der Waals surface area contributed by atoms with Crippen LogP contribution in [0.15, 0.2) is 40.9 Å². The summed E-state index contributed by atoms with van der Waals surface area (Å²) in [6.45, 7) is 6.97. The van der Waals surface area contributed by atoms with Crippen LogP contribution in [0.1, 0.15) is 43.0 Å². The van der Waals surface area contributed by atoms with Gasteiger partial charge in [0.1, 0.15) is 0 Å². The van der Waals surface area contributed by atoms with Crippen LogP contribution in [0.3, 0.4) is 0 Å². The van der Waals surface area contributed by atoms with Crippen molar-refractivity contribution in [1.29, 1.82) is 0 Å². The van der Waals surface area contributed by atoms with Crippen LogP contribution in [0.25, 0.3) is 17.2 Å². The van der Waals surface area contributed by atoms with Crippen molar-refractivity contribution in [2.75, 3.05) is 0 Å². The summed E-state index contributed by atoms with van der Waals surface area (Å²) in [7, 11) is 0. The van der Waals surface area contributed by atoms with Crippen molar-refractivity contribution in [3.05, 3.63) is 63.1 Å². The molecular formula is C20H19Br. The van der Waals surface area contributed by atoms with Gasteiger partial charge in [-0.15, -0.1) is 0 Å². The van der Waals surface area contributed by atoms with E-state index >= 15 is 0 Å². The van der Waals surface area contributed by atoms with E-state index in [1.54, 1.807) is 0 Å². The van der Waals surface area contributed by atoms with E-state index in [4.69, 9.17) is 0 Å². The van der Waals surface area contributed by atoms with Gasteiger partial charge in [0, 0.05) is 15.5 Å². The Kier molecular flexibility index (Phi) is 2.75. The standard InChI is InChI=1S/C20H19Br/c1-12-8-9-13-11-17-18(19(21)15(13)10-12)14-6-4-5-7-16(14)20(17,2)3/h4-9,11-12H,10H2,1-3H3. The molecule has 0 nitrogen and oxygen atoms in total. The van der Waals surface area contributed by atoms with Crippen molar-refractivity contribution in [1.82, 2.24) is 0 Å². The Morgan fingerprint density at radius 2 is 1.90 bits per heavy atom. The third-order valence-corrected chi connectivity index (χ3v) is 5.95. The SMILES string of the molecule is CC1C=Cc2cc3c(c(Br)c2C1)-c1ccccc1C3(C)C. The Balaban J connectivity index is 2.08. The number of benzene rings is 2. The maximum Gasteiger partial charge on any atom is 0.0295 e. The third-order valence-electron chi connectivity index (χ3n) is 5.08. The number of fused-ring (bicyclic) bond motifs is 4. The molecule has 2 aromatic carbocycles. The molecule has 0 spiro atoms. The van der Waals surface area contributed by atoms with Crippen LogP contribution in [-0.2, 0) is 11.8 Å². The van der Waals surface area contributed by atoms with Crippen molar-refractivity contribution >= 4 is 22.0 Å². The van der Waals surface area contributed by atoms with Crippen molar-refractivity contribution in [2.45, 2.75) is 32.6 Å². The molecule has 4 rings (SSSR count). The summed E-state index contributed by atoms with van der Waals surface area (Å²) in [4.78, 5) is 0. The highest BCUT2D eigenvalue weighted by Crippen LogP contribution is 2.53. The molecule has 0 saturated carbocycles. The average Bonchev–Trinajstić information content (AvgIpc) is 2.69. The summed E-state index contributed by atoms with van der Waals surface area (Å²) in [5, 5.41) is 0. The first kappa shape index (κ1) is 13.3. The minimum absolute atomic E-state index is 0.0837. The fourth-order valence-corrected chi connectivity index (χ4v) is 4.69. The second-order valence-corrected chi connectivity index (χ2v) is 7.68. The maximum atomic E-state index is 3.93. The van der Waals surface area contributed by atoms with Crippen LogP contribution in [0, 0.1) is 5.92 Å². The highest BCUT2D eigenvalue weighted by Gasteiger charge is 2.37. The molecule has 0 radical (unpaired) electrons. The Hall–Kier alpha value is -1.34. The van der Waals surface area contributed by atoms with Crippen molar-refractivity contribution < 1.29 is 0 Å². The first-order valence-electron chi connectivity index (χ1n) is 7.64. The molecule has 0 aliphatic heterocycles. The van der Waals surface area contributed by atoms with Crippen LogP contribution in [0.5, 0.6) is 0 Å². The number of hydrogen-bond donors (Lipinski definition) is 0. The lowest BCUT2D eigenvalue weighted by Gasteiger charge is -2.25. The van der Waals surface area contributed by atoms with Crippen molar-refractivity contribution in [3.8, 4) is 11.1 Å². The van der Waals surface area contributed by atoms with E-state index in [2.05, 4.69) is 79.2 Å². The highest BCUT2D eigenvalue weighted by molar-refractivity contribution is 9.10. The zero-order valence-corrected chi connectivity index (χ0v) is 14.3. The Morgan fingerprint density at radius 3 is 2.71 bits per heavy atom. The fraction of sp³-hybridized carbons (Fsp3) is 0.300. The Morgan fingerprint density at radius 1 is 1.14 bits per heavy atom. The van der Waals surface area contributed by atoms with E-state index in [-0.39, 0.29) is 5.41 Å². The van der Waals surface area contributed by atoms with E-state index in [1.807, 2.05) is 0 Å². The van der Waals surface area contributed by atoms with Crippen LogP contribution in [-0.4, -0.2) is 0 Å². The van der Waals surface area contributed by atoms with Gasteiger partial charge in [-0.05, 0) is 62.2 Å². The first-order chi connectivity index (χ1) is 10.00. The van der Waals surface area contributed by atoms with Crippen molar-refractivity contribution in [2.24, 2.45) is 5.92 Å². The van der Waals surface area contributed by atoms with Crippen LogP contribution in [0.4, 0.5) is 0 Å². The number of rotatable bonds is 0. The molecule has 0 fully saturated rings. The maximum absolute atomic E-state index is 3.93. The third kappa shape index (κ3) is 1.73. The zero-order valence-electron chi connectivity index (χ0n) is 12.7. The topological polar surface area (TPSA) is 0 Å². The molecule has 2 aromatic rings. The van der Waals surface area contributed by atoms with E-state index in [9.17, 15) is 0 Å². The highest BCUT2D eigenvalue weighted by atomic mass is 79.9. The lowest BCUT2D eigenvalue weighted by atomic mass is 9.80. The first-order valence-corrected chi connectivity index (χ1v) is 8.43. The van der Waals surface area contributed by atoms with E-state index in [0.717, 1.165) is 6.42 Å². The Labute approximate surface area is 135 Å². The fourth-order valence-electron chi connectivity index (χ4n) is 3.87. The smallest absolute Gasteiger partial charge is 0.0295 e. The number of hydrogen-bond acceptors (Lipinski definition) is 0. The second-order valence-electron chi connectivity index (χ2n) is 6.89.